The van der Waals surface area contributed by atoms with Crippen molar-refractivity contribution in [2.75, 3.05) is 14.1 Å². The standard InChI is InChI=1S/C9H15N3O2S/c1-11(2)15(13,14)9-5-10-12(7-9)6-8-3-4-8/h5,7-8H,3-4,6H2,1-2H3. The first-order chi connectivity index (χ1) is 7.00. The number of hydrogen-bond donors (Lipinski definition) is 0. The van der Waals surface area contributed by atoms with Gasteiger partial charge in [-0.05, 0) is 18.8 Å². The summed E-state index contributed by atoms with van der Waals surface area (Å²) in [6.07, 6.45) is 5.48. The van der Waals surface area contributed by atoms with Gasteiger partial charge in [0.1, 0.15) is 4.90 Å². The highest BCUT2D eigenvalue weighted by Crippen LogP contribution is 2.30. The van der Waals surface area contributed by atoms with E-state index >= 15 is 0 Å². The van der Waals surface area contributed by atoms with Crippen LogP contribution in [0.25, 0.3) is 0 Å². The number of nitrogens with zero attached hydrogens (tertiary/aromatic N) is 3. The summed E-state index contributed by atoms with van der Waals surface area (Å²) in [5.41, 5.74) is 0. The molecule has 1 fully saturated rings. The van der Waals surface area contributed by atoms with Gasteiger partial charge < -0.3 is 0 Å². The smallest absolute Gasteiger partial charge is 0.245 e. The molecule has 1 aliphatic carbocycles. The van der Waals surface area contributed by atoms with Gasteiger partial charge in [-0.2, -0.15) is 5.10 Å². The number of hydrogen-bond acceptors (Lipinski definition) is 3. The second-order valence-electron chi connectivity index (χ2n) is 4.13. The van der Waals surface area contributed by atoms with Crippen LogP contribution >= 0.6 is 0 Å². The summed E-state index contributed by atoms with van der Waals surface area (Å²) < 4.78 is 26.4. The second kappa shape index (κ2) is 3.61. The fourth-order valence-electron chi connectivity index (χ4n) is 1.35. The van der Waals surface area contributed by atoms with E-state index in [1.807, 2.05) is 0 Å². The van der Waals surface area contributed by atoms with Crippen molar-refractivity contribution in [3.8, 4) is 0 Å². The van der Waals surface area contributed by atoms with E-state index in [4.69, 9.17) is 0 Å². The van der Waals surface area contributed by atoms with Crippen molar-refractivity contribution < 1.29 is 8.42 Å². The van der Waals surface area contributed by atoms with Gasteiger partial charge in [0.15, 0.2) is 0 Å². The topological polar surface area (TPSA) is 55.2 Å². The van der Waals surface area contributed by atoms with Crippen LogP contribution in [0.4, 0.5) is 0 Å². The van der Waals surface area contributed by atoms with Crippen LogP contribution in [0.1, 0.15) is 12.8 Å². The lowest BCUT2D eigenvalue weighted by atomic mass is 10.4. The second-order valence-corrected chi connectivity index (χ2v) is 6.28. The molecule has 0 aromatic carbocycles. The van der Waals surface area contributed by atoms with Gasteiger partial charge in [-0.1, -0.05) is 0 Å². The summed E-state index contributed by atoms with van der Waals surface area (Å²) in [6.45, 7) is 0.836. The lowest BCUT2D eigenvalue weighted by Crippen LogP contribution is -2.21. The lowest BCUT2D eigenvalue weighted by molar-refractivity contribution is 0.519. The van der Waals surface area contributed by atoms with Crippen molar-refractivity contribution in [1.82, 2.24) is 14.1 Å². The Hall–Kier alpha value is -0.880. The average molecular weight is 229 g/mol. The molecule has 2 rings (SSSR count). The van der Waals surface area contributed by atoms with E-state index in [-0.39, 0.29) is 4.90 Å². The van der Waals surface area contributed by atoms with Crippen molar-refractivity contribution in [2.24, 2.45) is 5.92 Å². The molecule has 6 heteroatoms. The van der Waals surface area contributed by atoms with Gasteiger partial charge in [-0.3, -0.25) is 4.68 Å². The first-order valence-electron chi connectivity index (χ1n) is 4.95. The molecule has 0 spiro atoms. The molecule has 0 aliphatic heterocycles. The Balaban J connectivity index is 2.18. The van der Waals surface area contributed by atoms with Crippen molar-refractivity contribution in [2.45, 2.75) is 24.3 Å². The molecular formula is C9H15N3O2S. The van der Waals surface area contributed by atoms with E-state index in [1.54, 1.807) is 10.9 Å². The molecule has 1 aromatic heterocycles. The summed E-state index contributed by atoms with van der Waals surface area (Å²) in [5, 5.41) is 4.06. The van der Waals surface area contributed by atoms with Gasteiger partial charge >= 0.3 is 0 Å². The molecule has 1 aromatic rings. The minimum atomic E-state index is -3.32. The third-order valence-electron chi connectivity index (χ3n) is 2.53. The van der Waals surface area contributed by atoms with Crippen LogP contribution < -0.4 is 0 Å². The van der Waals surface area contributed by atoms with Gasteiger partial charge in [0.2, 0.25) is 10.0 Å². The predicted octanol–water partition coefficient (Wildman–Crippen LogP) is 0.543. The van der Waals surface area contributed by atoms with Gasteiger partial charge in [-0.25, -0.2) is 12.7 Å². The maximum absolute atomic E-state index is 11.7. The highest BCUT2D eigenvalue weighted by molar-refractivity contribution is 7.89. The van der Waals surface area contributed by atoms with Crippen LogP contribution in [-0.2, 0) is 16.6 Å². The minimum Gasteiger partial charge on any atom is -0.271 e. The molecular weight excluding hydrogens is 214 g/mol. The van der Waals surface area contributed by atoms with Gasteiger partial charge in [0.05, 0.1) is 6.20 Å². The summed E-state index contributed by atoms with van der Waals surface area (Å²) in [5.74, 6) is 0.694. The summed E-state index contributed by atoms with van der Waals surface area (Å²) in [4.78, 5) is 0.271. The van der Waals surface area contributed by atoms with E-state index in [0.717, 1.165) is 6.54 Å². The van der Waals surface area contributed by atoms with Crippen molar-refractivity contribution >= 4 is 10.0 Å². The summed E-state index contributed by atoms with van der Waals surface area (Å²) >= 11 is 0. The number of aromatic nitrogens is 2. The zero-order valence-electron chi connectivity index (χ0n) is 8.92. The van der Waals surface area contributed by atoms with Gasteiger partial charge in [-0.15, -0.1) is 0 Å². The largest absolute Gasteiger partial charge is 0.271 e. The van der Waals surface area contributed by atoms with E-state index in [9.17, 15) is 8.42 Å². The minimum absolute atomic E-state index is 0.271. The van der Waals surface area contributed by atoms with Crippen LogP contribution in [0.15, 0.2) is 17.3 Å². The molecule has 0 atom stereocenters. The molecule has 1 aliphatic rings. The highest BCUT2D eigenvalue weighted by atomic mass is 32.2. The van der Waals surface area contributed by atoms with Crippen molar-refractivity contribution in [3.63, 3.8) is 0 Å². The number of sulfonamides is 1. The normalized spacial score (nSPS) is 17.3. The molecule has 1 saturated carbocycles. The zero-order chi connectivity index (χ0) is 11.1. The van der Waals surface area contributed by atoms with Crippen LogP contribution in [0.3, 0.4) is 0 Å². The van der Waals surface area contributed by atoms with Crippen molar-refractivity contribution in [3.05, 3.63) is 12.4 Å². The van der Waals surface area contributed by atoms with Crippen LogP contribution in [0, 0.1) is 5.92 Å². The Morgan fingerprint density at radius 3 is 2.73 bits per heavy atom. The zero-order valence-corrected chi connectivity index (χ0v) is 9.74. The average Bonchev–Trinajstić information content (AvgIpc) is 2.81. The number of rotatable bonds is 4. The first-order valence-corrected chi connectivity index (χ1v) is 6.39. The molecule has 1 heterocycles. The van der Waals surface area contributed by atoms with Crippen LogP contribution in [0.5, 0.6) is 0 Å². The van der Waals surface area contributed by atoms with E-state index < -0.39 is 10.0 Å². The van der Waals surface area contributed by atoms with Crippen molar-refractivity contribution in [1.29, 1.82) is 0 Å². The third kappa shape index (κ3) is 2.21. The van der Waals surface area contributed by atoms with E-state index in [2.05, 4.69) is 5.10 Å². The van der Waals surface area contributed by atoms with Gasteiger partial charge in [0.25, 0.3) is 0 Å². The lowest BCUT2D eigenvalue weighted by Gasteiger charge is -2.08. The summed E-state index contributed by atoms with van der Waals surface area (Å²) in [7, 11) is -0.279. The Labute approximate surface area is 89.7 Å². The molecule has 0 bridgehead atoms. The maximum Gasteiger partial charge on any atom is 0.245 e. The SMILES string of the molecule is CN(C)S(=O)(=O)c1cnn(CC2CC2)c1. The molecule has 0 unspecified atom stereocenters. The fourth-order valence-corrected chi connectivity index (χ4v) is 2.21. The summed E-state index contributed by atoms with van der Waals surface area (Å²) in [6, 6.07) is 0. The molecule has 0 saturated heterocycles. The Morgan fingerprint density at radius 2 is 2.20 bits per heavy atom. The molecule has 0 amide bonds. The van der Waals surface area contributed by atoms with Crippen LogP contribution in [-0.4, -0.2) is 36.6 Å². The molecule has 0 N–H and O–H groups in total. The highest BCUT2D eigenvalue weighted by Gasteiger charge is 2.24. The predicted molar refractivity (Wildman–Crippen MR) is 55.8 cm³/mol. The van der Waals surface area contributed by atoms with E-state index in [0.29, 0.717) is 5.92 Å². The first kappa shape index (κ1) is 10.6. The Kier molecular flexibility index (Phi) is 2.56. The third-order valence-corrected chi connectivity index (χ3v) is 4.30. The monoisotopic (exact) mass is 229 g/mol. The Bertz CT molecular complexity index is 446. The molecule has 15 heavy (non-hydrogen) atoms. The van der Waals surface area contributed by atoms with E-state index in [1.165, 1.54) is 37.4 Å². The molecule has 0 radical (unpaired) electrons. The fraction of sp³-hybridized carbons (Fsp3) is 0.667. The quantitative estimate of drug-likeness (QED) is 0.757. The molecule has 84 valence electrons. The van der Waals surface area contributed by atoms with Gasteiger partial charge in [0, 0.05) is 26.8 Å². The Morgan fingerprint density at radius 1 is 1.53 bits per heavy atom. The molecule has 5 nitrogen and oxygen atoms in total. The van der Waals surface area contributed by atoms with Crippen LogP contribution in [0.2, 0.25) is 0 Å². The maximum atomic E-state index is 11.7.